The monoisotopic (exact) mass is 574 g/mol. The smallest absolute Gasteiger partial charge is 0.335 e. The number of aromatic nitrogens is 4. The molecule has 0 saturated carbocycles. The number of carbonyl (C=O) groups is 3. The van der Waals surface area contributed by atoms with Crippen molar-refractivity contribution < 1.29 is 23.9 Å². The van der Waals surface area contributed by atoms with Gasteiger partial charge in [0.2, 0.25) is 11.8 Å². The van der Waals surface area contributed by atoms with Gasteiger partial charge in [0.1, 0.15) is 18.2 Å². The largest absolute Gasteiger partial charge is 0.478 e. The number of hydrogen-bond acceptors (Lipinski definition) is 6. The molecule has 2 unspecified atom stereocenters. The number of carboxylic acid groups (broad SMARTS) is 1. The van der Waals surface area contributed by atoms with Gasteiger partial charge in [0.15, 0.2) is 0 Å². The minimum Gasteiger partial charge on any atom is -0.478 e. The first-order valence-electron chi connectivity index (χ1n) is 12.7. The summed E-state index contributed by atoms with van der Waals surface area (Å²) in [6.07, 6.45) is 5.52. The highest BCUT2D eigenvalue weighted by Gasteiger charge is 2.39. The van der Waals surface area contributed by atoms with E-state index < -0.39 is 35.6 Å². The minimum atomic E-state index is -1.09. The molecule has 2 atom stereocenters. The zero-order chi connectivity index (χ0) is 28.9. The predicted molar refractivity (Wildman–Crippen MR) is 149 cm³/mol. The van der Waals surface area contributed by atoms with Gasteiger partial charge in [-0.1, -0.05) is 23.7 Å². The molecule has 2 amide bonds. The molecular weight excluding hydrogens is 551 g/mol. The van der Waals surface area contributed by atoms with E-state index in [0.717, 1.165) is 0 Å². The fourth-order valence-corrected chi connectivity index (χ4v) is 5.14. The summed E-state index contributed by atoms with van der Waals surface area (Å²) in [5.74, 6) is -2.90. The molecule has 0 bridgehead atoms. The average molecular weight is 575 g/mol. The molecule has 3 aromatic carbocycles. The molecule has 2 heterocycles. The second kappa shape index (κ2) is 12.1. The number of hydrogen-bond donors (Lipinski definition) is 2. The Morgan fingerprint density at radius 2 is 1.88 bits per heavy atom. The molecule has 1 aliphatic rings. The summed E-state index contributed by atoms with van der Waals surface area (Å²) in [5.41, 5.74) is 2.22. The number of likely N-dealkylation sites (tertiary alicyclic amines) is 1. The van der Waals surface area contributed by atoms with Gasteiger partial charge in [-0.3, -0.25) is 9.59 Å². The first-order valence-corrected chi connectivity index (χ1v) is 13.1. The lowest BCUT2D eigenvalue weighted by atomic mass is 9.82. The SMILES string of the molecule is O=C(O)c1ccc(NC(=O)C2C(c3cccc(F)c3)CCCN2C(=O)/C=C/c2cc(Cl)ccc2-n2cnnn2)cc1. The van der Waals surface area contributed by atoms with Crippen molar-refractivity contribution in [2.45, 2.75) is 24.8 Å². The number of nitrogens with zero attached hydrogens (tertiary/aromatic N) is 5. The molecule has 2 N–H and O–H groups in total. The van der Waals surface area contributed by atoms with Crippen molar-refractivity contribution in [1.82, 2.24) is 25.1 Å². The van der Waals surface area contributed by atoms with Crippen LogP contribution < -0.4 is 5.32 Å². The van der Waals surface area contributed by atoms with E-state index in [2.05, 4.69) is 20.8 Å². The number of aromatic carboxylic acids is 1. The molecule has 208 valence electrons. The second-order valence-electron chi connectivity index (χ2n) is 9.44. The van der Waals surface area contributed by atoms with Crippen LogP contribution in [0.15, 0.2) is 79.1 Å². The van der Waals surface area contributed by atoms with Crippen molar-refractivity contribution in [3.8, 4) is 5.69 Å². The lowest BCUT2D eigenvalue weighted by molar-refractivity contribution is -0.137. The van der Waals surface area contributed by atoms with Gasteiger partial charge < -0.3 is 15.3 Å². The summed E-state index contributed by atoms with van der Waals surface area (Å²) in [6, 6.07) is 15.8. The van der Waals surface area contributed by atoms with Crippen LogP contribution in [0.2, 0.25) is 5.02 Å². The summed E-state index contributed by atoms with van der Waals surface area (Å²) in [7, 11) is 0. The minimum absolute atomic E-state index is 0.0716. The third-order valence-corrected chi connectivity index (χ3v) is 7.08. The lowest BCUT2D eigenvalue weighted by Gasteiger charge is -2.40. The number of anilines is 1. The maximum Gasteiger partial charge on any atom is 0.335 e. The van der Waals surface area contributed by atoms with Gasteiger partial charge in [-0.05, 0) is 89.5 Å². The molecule has 1 fully saturated rings. The maximum absolute atomic E-state index is 14.2. The van der Waals surface area contributed by atoms with Crippen LogP contribution in [0.5, 0.6) is 0 Å². The molecule has 1 aliphatic heterocycles. The van der Waals surface area contributed by atoms with Crippen LogP contribution >= 0.6 is 11.6 Å². The van der Waals surface area contributed by atoms with Crippen LogP contribution in [0, 0.1) is 5.82 Å². The van der Waals surface area contributed by atoms with E-state index in [1.165, 1.54) is 58.4 Å². The lowest BCUT2D eigenvalue weighted by Crippen LogP contribution is -2.53. The zero-order valence-corrected chi connectivity index (χ0v) is 22.3. The Kier molecular flexibility index (Phi) is 8.16. The Hall–Kier alpha value is -4.90. The Morgan fingerprint density at radius 1 is 1.07 bits per heavy atom. The number of piperidine rings is 1. The fourth-order valence-electron chi connectivity index (χ4n) is 4.96. The van der Waals surface area contributed by atoms with Crippen LogP contribution in [0.25, 0.3) is 11.8 Å². The molecule has 1 aromatic heterocycles. The van der Waals surface area contributed by atoms with Crippen molar-refractivity contribution in [3.63, 3.8) is 0 Å². The molecule has 10 nitrogen and oxygen atoms in total. The summed E-state index contributed by atoms with van der Waals surface area (Å²) in [4.78, 5) is 40.0. The second-order valence-corrected chi connectivity index (χ2v) is 9.88. The summed E-state index contributed by atoms with van der Waals surface area (Å²) < 4.78 is 15.6. The van der Waals surface area contributed by atoms with Gasteiger partial charge in [-0.25, -0.2) is 9.18 Å². The normalized spacial score (nSPS) is 17.0. The van der Waals surface area contributed by atoms with E-state index in [9.17, 15) is 23.9 Å². The van der Waals surface area contributed by atoms with Gasteiger partial charge in [0.05, 0.1) is 11.3 Å². The first kappa shape index (κ1) is 27.7. The highest BCUT2D eigenvalue weighted by molar-refractivity contribution is 6.30. The Balaban J connectivity index is 1.46. The molecule has 41 heavy (non-hydrogen) atoms. The number of benzene rings is 3. The van der Waals surface area contributed by atoms with Crippen molar-refractivity contribution in [2.24, 2.45) is 0 Å². The van der Waals surface area contributed by atoms with Crippen LogP contribution in [0.4, 0.5) is 10.1 Å². The van der Waals surface area contributed by atoms with E-state index in [4.69, 9.17) is 11.6 Å². The van der Waals surface area contributed by atoms with Crippen molar-refractivity contribution in [3.05, 3.63) is 107 Å². The number of tetrazole rings is 1. The number of carboxylic acids is 1. The number of nitrogens with one attached hydrogen (secondary N) is 1. The van der Waals surface area contributed by atoms with Crippen molar-refractivity contribution >= 4 is 41.1 Å². The highest BCUT2D eigenvalue weighted by atomic mass is 35.5. The fraction of sp³-hybridized carbons (Fsp3) is 0.172. The molecule has 0 radical (unpaired) electrons. The third-order valence-electron chi connectivity index (χ3n) is 6.85. The average Bonchev–Trinajstić information content (AvgIpc) is 3.50. The summed E-state index contributed by atoms with van der Waals surface area (Å²) in [6.45, 7) is 0.306. The Labute approximate surface area is 239 Å². The summed E-state index contributed by atoms with van der Waals surface area (Å²) >= 11 is 6.20. The van der Waals surface area contributed by atoms with E-state index in [1.807, 2.05) is 0 Å². The quantitative estimate of drug-likeness (QED) is 0.309. The van der Waals surface area contributed by atoms with Gasteiger partial charge in [-0.15, -0.1) is 5.10 Å². The van der Waals surface area contributed by atoms with Crippen LogP contribution in [-0.2, 0) is 9.59 Å². The topological polar surface area (TPSA) is 130 Å². The van der Waals surface area contributed by atoms with Gasteiger partial charge in [0.25, 0.3) is 0 Å². The molecule has 4 aromatic rings. The van der Waals surface area contributed by atoms with Gasteiger partial charge in [-0.2, -0.15) is 4.68 Å². The number of amides is 2. The maximum atomic E-state index is 14.2. The van der Waals surface area contributed by atoms with Crippen molar-refractivity contribution in [1.29, 1.82) is 0 Å². The Bertz CT molecular complexity index is 1610. The molecule has 1 saturated heterocycles. The molecule has 12 heteroatoms. The highest BCUT2D eigenvalue weighted by Crippen LogP contribution is 2.34. The number of carbonyl (C=O) groups excluding carboxylic acids is 2. The van der Waals surface area contributed by atoms with Gasteiger partial charge in [0, 0.05) is 34.8 Å². The van der Waals surface area contributed by atoms with Gasteiger partial charge >= 0.3 is 5.97 Å². The number of rotatable bonds is 7. The van der Waals surface area contributed by atoms with Crippen molar-refractivity contribution in [2.75, 3.05) is 11.9 Å². The molecule has 0 aliphatic carbocycles. The summed E-state index contributed by atoms with van der Waals surface area (Å²) in [5, 5.41) is 23.6. The Morgan fingerprint density at radius 3 is 2.59 bits per heavy atom. The first-order chi connectivity index (χ1) is 19.8. The molecular formula is C29H24ClFN6O4. The number of halogens is 2. The van der Waals surface area contributed by atoms with E-state index in [0.29, 0.717) is 46.9 Å². The van der Waals surface area contributed by atoms with Crippen LogP contribution in [0.3, 0.4) is 0 Å². The van der Waals surface area contributed by atoms with E-state index in [-0.39, 0.29) is 5.56 Å². The third kappa shape index (κ3) is 6.30. The predicted octanol–water partition coefficient (Wildman–Crippen LogP) is 4.58. The zero-order valence-electron chi connectivity index (χ0n) is 21.5. The van der Waals surface area contributed by atoms with Crippen LogP contribution in [-0.4, -0.2) is 60.6 Å². The molecule has 5 rings (SSSR count). The van der Waals surface area contributed by atoms with Crippen LogP contribution in [0.1, 0.15) is 40.2 Å². The van der Waals surface area contributed by atoms with E-state index in [1.54, 1.807) is 36.4 Å². The standard InChI is InChI=1S/C29H24ClFN6O4/c30-21-9-12-25(37-17-32-34-35-37)20(15-21)8-13-26(38)36-14-2-5-24(19-3-1-4-22(31)16-19)27(36)28(39)33-23-10-6-18(7-11-23)29(40)41/h1,3-4,6-13,15-17,24,27H,2,5,14H2,(H,33,39)(H,40,41)/b13-8+. The van der Waals surface area contributed by atoms with E-state index >= 15 is 0 Å². The molecule has 0 spiro atoms.